The van der Waals surface area contributed by atoms with E-state index in [4.69, 9.17) is 0 Å². The molecule has 2 atom stereocenters. The van der Waals surface area contributed by atoms with Gasteiger partial charge in [0, 0.05) is 24.9 Å². The molecular weight excluding hydrogens is 220 g/mol. The van der Waals surface area contributed by atoms with Crippen LogP contribution in [0.1, 0.15) is 25.7 Å². The van der Waals surface area contributed by atoms with Gasteiger partial charge in [0.25, 0.3) is 0 Å². The summed E-state index contributed by atoms with van der Waals surface area (Å²) in [6, 6.07) is 0.631. The topological polar surface area (TPSA) is 35.5 Å². The number of thioether (sulfide) groups is 1. The van der Waals surface area contributed by atoms with Crippen LogP contribution in [0, 0.1) is 0 Å². The quantitative estimate of drug-likeness (QED) is 0.754. The number of hydrogen-bond acceptors (Lipinski definition) is 4. The van der Waals surface area contributed by atoms with Crippen molar-refractivity contribution in [3.8, 4) is 0 Å². The minimum Gasteiger partial charge on any atom is -0.390 e. The fourth-order valence-electron chi connectivity index (χ4n) is 2.53. The van der Waals surface area contributed by atoms with E-state index in [1.807, 2.05) is 11.8 Å². The van der Waals surface area contributed by atoms with E-state index in [1.54, 1.807) is 0 Å². The fraction of sp³-hybridized carbons (Fsp3) is 1.00. The lowest BCUT2D eigenvalue weighted by Gasteiger charge is -2.25. The first kappa shape index (κ1) is 12.7. The Balaban J connectivity index is 1.57. The Morgan fingerprint density at radius 3 is 2.81 bits per heavy atom. The molecule has 94 valence electrons. The molecule has 2 rings (SSSR count). The van der Waals surface area contributed by atoms with Crippen molar-refractivity contribution in [3.63, 3.8) is 0 Å². The monoisotopic (exact) mass is 244 g/mol. The Hall–Kier alpha value is 0.230. The summed E-state index contributed by atoms with van der Waals surface area (Å²) >= 11 is 2.03. The number of aliphatic hydroxyl groups is 1. The van der Waals surface area contributed by atoms with Gasteiger partial charge in [0.1, 0.15) is 0 Å². The molecule has 2 fully saturated rings. The van der Waals surface area contributed by atoms with E-state index in [0.29, 0.717) is 6.04 Å². The lowest BCUT2D eigenvalue weighted by Crippen LogP contribution is -2.42. The van der Waals surface area contributed by atoms with Crippen LogP contribution in [-0.4, -0.2) is 59.8 Å². The minimum absolute atomic E-state index is 0.190. The Morgan fingerprint density at radius 2 is 2.12 bits per heavy atom. The number of β-amino-alcohol motifs (C(OH)–C–C–N with tert-alkyl or cyclic N) is 1. The van der Waals surface area contributed by atoms with Gasteiger partial charge in [0.2, 0.25) is 0 Å². The summed E-state index contributed by atoms with van der Waals surface area (Å²) in [5.74, 6) is 2.53. The maximum Gasteiger partial charge on any atom is 0.0791 e. The van der Waals surface area contributed by atoms with Crippen LogP contribution < -0.4 is 5.32 Å². The zero-order chi connectivity index (χ0) is 11.2. The number of hydrogen-bond donors (Lipinski definition) is 2. The summed E-state index contributed by atoms with van der Waals surface area (Å²) in [7, 11) is 0. The van der Waals surface area contributed by atoms with Crippen molar-refractivity contribution in [2.24, 2.45) is 0 Å². The summed E-state index contributed by atoms with van der Waals surface area (Å²) in [5, 5.41) is 13.4. The van der Waals surface area contributed by atoms with Crippen LogP contribution in [0.3, 0.4) is 0 Å². The van der Waals surface area contributed by atoms with Gasteiger partial charge in [-0.05, 0) is 44.5 Å². The van der Waals surface area contributed by atoms with Crippen LogP contribution in [0.15, 0.2) is 0 Å². The molecule has 0 saturated carbocycles. The summed E-state index contributed by atoms with van der Waals surface area (Å²) in [6.45, 7) is 3.97. The molecule has 16 heavy (non-hydrogen) atoms. The van der Waals surface area contributed by atoms with Crippen molar-refractivity contribution >= 4 is 11.8 Å². The average Bonchev–Trinajstić information content (AvgIpc) is 2.81. The van der Waals surface area contributed by atoms with E-state index < -0.39 is 0 Å². The van der Waals surface area contributed by atoms with Gasteiger partial charge in [-0.2, -0.15) is 11.8 Å². The standard InChI is InChI=1S/C12H24N2OS/c15-12(9-14-5-1-2-6-14)8-13-11-4-3-7-16-10-11/h11-13,15H,1-10H2. The second-order valence-corrected chi connectivity index (χ2v) is 6.13. The molecule has 0 aliphatic carbocycles. The third-order valence-electron chi connectivity index (χ3n) is 3.47. The molecule has 2 heterocycles. The van der Waals surface area contributed by atoms with Gasteiger partial charge in [-0.25, -0.2) is 0 Å². The summed E-state index contributed by atoms with van der Waals surface area (Å²) in [4.78, 5) is 2.38. The van der Waals surface area contributed by atoms with Crippen LogP contribution in [0.5, 0.6) is 0 Å². The van der Waals surface area contributed by atoms with Gasteiger partial charge in [-0.15, -0.1) is 0 Å². The second kappa shape index (κ2) is 6.84. The molecule has 0 spiro atoms. The molecule has 0 radical (unpaired) electrons. The van der Waals surface area contributed by atoms with Crippen LogP contribution in [-0.2, 0) is 0 Å². The van der Waals surface area contributed by atoms with Gasteiger partial charge >= 0.3 is 0 Å². The molecule has 2 unspecified atom stereocenters. The van der Waals surface area contributed by atoms with Crippen molar-refractivity contribution < 1.29 is 5.11 Å². The van der Waals surface area contributed by atoms with E-state index >= 15 is 0 Å². The number of rotatable bonds is 5. The zero-order valence-electron chi connectivity index (χ0n) is 10.0. The lowest BCUT2D eigenvalue weighted by atomic mass is 10.2. The Morgan fingerprint density at radius 1 is 1.31 bits per heavy atom. The molecule has 0 amide bonds. The Kier molecular flexibility index (Phi) is 5.42. The first-order chi connectivity index (χ1) is 7.84. The molecule has 2 saturated heterocycles. The van der Waals surface area contributed by atoms with Crippen molar-refractivity contribution in [3.05, 3.63) is 0 Å². The van der Waals surface area contributed by atoms with E-state index in [-0.39, 0.29) is 6.10 Å². The molecule has 0 aromatic heterocycles. The molecule has 0 aromatic rings. The molecule has 0 aromatic carbocycles. The van der Waals surface area contributed by atoms with Crippen LogP contribution >= 0.6 is 11.8 Å². The first-order valence-corrected chi connectivity index (χ1v) is 7.71. The van der Waals surface area contributed by atoms with Crippen molar-refractivity contribution in [1.29, 1.82) is 0 Å². The molecule has 4 heteroatoms. The summed E-state index contributed by atoms with van der Waals surface area (Å²) < 4.78 is 0. The van der Waals surface area contributed by atoms with Gasteiger partial charge < -0.3 is 15.3 Å². The highest BCUT2D eigenvalue weighted by Gasteiger charge is 2.18. The number of nitrogens with zero attached hydrogens (tertiary/aromatic N) is 1. The number of aliphatic hydroxyl groups excluding tert-OH is 1. The predicted octanol–water partition coefficient (Wildman–Crippen LogP) is 0.928. The molecular formula is C12H24N2OS. The Bertz CT molecular complexity index is 191. The zero-order valence-corrected chi connectivity index (χ0v) is 10.8. The normalized spacial score (nSPS) is 29.4. The van der Waals surface area contributed by atoms with Crippen LogP contribution in [0.2, 0.25) is 0 Å². The molecule has 3 nitrogen and oxygen atoms in total. The third-order valence-corrected chi connectivity index (χ3v) is 4.69. The third kappa shape index (κ3) is 4.24. The van der Waals surface area contributed by atoms with Gasteiger partial charge in [-0.3, -0.25) is 0 Å². The van der Waals surface area contributed by atoms with Crippen LogP contribution in [0.4, 0.5) is 0 Å². The summed E-state index contributed by atoms with van der Waals surface area (Å²) in [5.41, 5.74) is 0. The van der Waals surface area contributed by atoms with Crippen molar-refractivity contribution in [1.82, 2.24) is 10.2 Å². The Labute approximate surface area is 103 Å². The van der Waals surface area contributed by atoms with Crippen LogP contribution in [0.25, 0.3) is 0 Å². The highest BCUT2D eigenvalue weighted by Crippen LogP contribution is 2.16. The van der Waals surface area contributed by atoms with Crippen molar-refractivity contribution in [2.75, 3.05) is 37.7 Å². The van der Waals surface area contributed by atoms with Crippen molar-refractivity contribution in [2.45, 2.75) is 37.8 Å². The maximum atomic E-state index is 9.93. The van der Waals surface area contributed by atoms with Gasteiger partial charge in [0.15, 0.2) is 0 Å². The predicted molar refractivity (Wildman–Crippen MR) is 70.0 cm³/mol. The second-order valence-electron chi connectivity index (χ2n) is 4.98. The molecule has 2 N–H and O–H groups in total. The highest BCUT2D eigenvalue weighted by molar-refractivity contribution is 7.99. The van der Waals surface area contributed by atoms with E-state index in [1.165, 1.54) is 50.3 Å². The molecule has 2 aliphatic rings. The molecule has 2 aliphatic heterocycles. The largest absolute Gasteiger partial charge is 0.390 e. The van der Waals surface area contributed by atoms with E-state index in [0.717, 1.165) is 13.1 Å². The SMILES string of the molecule is OC(CNC1CCCSC1)CN1CCCC1. The number of nitrogens with one attached hydrogen (secondary N) is 1. The fourth-order valence-corrected chi connectivity index (χ4v) is 3.64. The van der Waals surface area contributed by atoms with Gasteiger partial charge in [-0.1, -0.05) is 0 Å². The minimum atomic E-state index is -0.190. The average molecular weight is 244 g/mol. The first-order valence-electron chi connectivity index (χ1n) is 6.56. The van der Waals surface area contributed by atoms with Gasteiger partial charge in [0.05, 0.1) is 6.10 Å². The highest BCUT2D eigenvalue weighted by atomic mass is 32.2. The number of likely N-dealkylation sites (tertiary alicyclic amines) is 1. The lowest BCUT2D eigenvalue weighted by molar-refractivity contribution is 0.120. The van der Waals surface area contributed by atoms with E-state index in [2.05, 4.69) is 10.2 Å². The van der Waals surface area contributed by atoms with E-state index in [9.17, 15) is 5.11 Å². The maximum absolute atomic E-state index is 9.93. The molecule has 0 bridgehead atoms. The smallest absolute Gasteiger partial charge is 0.0791 e. The summed E-state index contributed by atoms with van der Waals surface area (Å²) in [6.07, 6.45) is 5.03.